The summed E-state index contributed by atoms with van der Waals surface area (Å²) in [4.78, 5) is 10.9. The van der Waals surface area contributed by atoms with Crippen LogP contribution in [0.2, 0.25) is 0 Å². The summed E-state index contributed by atoms with van der Waals surface area (Å²) in [5, 5.41) is 0. The Morgan fingerprint density at radius 3 is 2.76 bits per heavy atom. The third-order valence-electron chi connectivity index (χ3n) is 3.04. The number of aryl methyl sites for hydroxylation is 1. The van der Waals surface area contributed by atoms with Crippen LogP contribution in [-0.4, -0.2) is 47.7 Å². The number of nitrogens with two attached hydrogens (primary N) is 1. The first-order valence-electron chi connectivity index (χ1n) is 6.10. The molecule has 0 amide bonds. The largest absolute Gasteiger partial charge is 0.379 e. The molecule has 1 aromatic heterocycles. The van der Waals surface area contributed by atoms with E-state index in [2.05, 4.69) is 14.9 Å². The summed E-state index contributed by atoms with van der Waals surface area (Å²) in [7, 11) is 0. The van der Waals surface area contributed by atoms with Crippen molar-refractivity contribution in [2.24, 2.45) is 5.73 Å². The summed E-state index contributed by atoms with van der Waals surface area (Å²) in [5.74, 6) is 0. The molecule has 1 aliphatic rings. The lowest BCUT2D eigenvalue weighted by Gasteiger charge is -2.27. The van der Waals surface area contributed by atoms with Crippen LogP contribution >= 0.6 is 0 Å². The van der Waals surface area contributed by atoms with E-state index in [4.69, 9.17) is 10.5 Å². The van der Waals surface area contributed by atoms with E-state index in [1.54, 1.807) is 12.4 Å². The van der Waals surface area contributed by atoms with Gasteiger partial charge in [-0.3, -0.25) is 14.9 Å². The predicted molar refractivity (Wildman–Crippen MR) is 65.6 cm³/mol. The maximum absolute atomic E-state index is 6.10. The minimum atomic E-state index is -0.0223. The molecule has 0 saturated carbocycles. The molecule has 94 valence electrons. The summed E-state index contributed by atoms with van der Waals surface area (Å²) < 4.78 is 5.31. The molecule has 0 radical (unpaired) electrons. The molecule has 2 heterocycles. The van der Waals surface area contributed by atoms with Gasteiger partial charge in [-0.1, -0.05) is 0 Å². The van der Waals surface area contributed by atoms with Crippen molar-refractivity contribution >= 4 is 0 Å². The van der Waals surface area contributed by atoms with Gasteiger partial charge in [0.2, 0.25) is 0 Å². The summed E-state index contributed by atoms with van der Waals surface area (Å²) in [6, 6.07) is -0.0223. The van der Waals surface area contributed by atoms with Gasteiger partial charge in [0, 0.05) is 31.9 Å². The van der Waals surface area contributed by atoms with Crippen LogP contribution in [0.1, 0.15) is 23.9 Å². The van der Waals surface area contributed by atoms with Crippen molar-refractivity contribution in [2.45, 2.75) is 19.4 Å². The fourth-order valence-electron chi connectivity index (χ4n) is 1.89. The Hall–Kier alpha value is -1.04. The fraction of sp³-hybridized carbons (Fsp3) is 0.667. The molecule has 17 heavy (non-hydrogen) atoms. The zero-order valence-corrected chi connectivity index (χ0v) is 10.3. The number of ether oxygens (including phenoxy) is 1. The van der Waals surface area contributed by atoms with Crippen molar-refractivity contribution in [1.82, 2.24) is 14.9 Å². The average molecular weight is 236 g/mol. The molecular formula is C12H20N4O. The van der Waals surface area contributed by atoms with Crippen LogP contribution < -0.4 is 5.73 Å². The highest BCUT2D eigenvalue weighted by Gasteiger charge is 2.13. The van der Waals surface area contributed by atoms with E-state index in [9.17, 15) is 0 Å². The van der Waals surface area contributed by atoms with Gasteiger partial charge in [0.1, 0.15) is 0 Å². The molecule has 1 fully saturated rings. The molecule has 1 saturated heterocycles. The fourth-order valence-corrected chi connectivity index (χ4v) is 1.89. The minimum Gasteiger partial charge on any atom is -0.379 e. The van der Waals surface area contributed by atoms with Crippen molar-refractivity contribution in [3.8, 4) is 0 Å². The van der Waals surface area contributed by atoms with E-state index >= 15 is 0 Å². The first kappa shape index (κ1) is 12.4. The topological polar surface area (TPSA) is 64.3 Å². The van der Waals surface area contributed by atoms with Crippen LogP contribution in [0.15, 0.2) is 12.4 Å². The lowest BCUT2D eigenvalue weighted by molar-refractivity contribution is 0.0366. The molecule has 2 rings (SSSR count). The van der Waals surface area contributed by atoms with E-state index < -0.39 is 0 Å². The Morgan fingerprint density at radius 1 is 1.35 bits per heavy atom. The van der Waals surface area contributed by atoms with Gasteiger partial charge in [0.15, 0.2) is 0 Å². The SMILES string of the molecule is Cc1cnc(C(N)CCN2CCOCC2)cn1. The number of rotatable bonds is 4. The van der Waals surface area contributed by atoms with Gasteiger partial charge in [-0.15, -0.1) is 0 Å². The molecule has 5 nitrogen and oxygen atoms in total. The molecule has 0 aliphatic carbocycles. The quantitative estimate of drug-likeness (QED) is 0.825. The first-order chi connectivity index (χ1) is 8.25. The zero-order valence-electron chi connectivity index (χ0n) is 10.3. The van der Waals surface area contributed by atoms with Crippen LogP contribution in [0, 0.1) is 6.92 Å². The number of hydrogen-bond donors (Lipinski definition) is 1. The van der Waals surface area contributed by atoms with Crippen LogP contribution in [0.25, 0.3) is 0 Å². The lowest BCUT2D eigenvalue weighted by atomic mass is 10.1. The summed E-state index contributed by atoms with van der Waals surface area (Å²) >= 11 is 0. The maximum atomic E-state index is 6.10. The predicted octanol–water partition coefficient (Wildman–Crippen LogP) is 0.507. The highest BCUT2D eigenvalue weighted by Crippen LogP contribution is 2.11. The van der Waals surface area contributed by atoms with Crippen molar-refractivity contribution in [2.75, 3.05) is 32.8 Å². The Morgan fingerprint density at radius 2 is 2.12 bits per heavy atom. The van der Waals surface area contributed by atoms with Crippen LogP contribution in [0.4, 0.5) is 0 Å². The van der Waals surface area contributed by atoms with Gasteiger partial charge in [-0.05, 0) is 13.3 Å². The standard InChI is InChI=1S/C12H20N4O/c1-10-8-15-12(9-14-10)11(13)2-3-16-4-6-17-7-5-16/h8-9,11H,2-7,13H2,1H3. The van der Waals surface area contributed by atoms with Gasteiger partial charge in [0.25, 0.3) is 0 Å². The van der Waals surface area contributed by atoms with Gasteiger partial charge < -0.3 is 10.5 Å². The van der Waals surface area contributed by atoms with E-state index in [0.29, 0.717) is 0 Å². The van der Waals surface area contributed by atoms with E-state index in [-0.39, 0.29) is 6.04 Å². The molecule has 1 aromatic rings. The second-order valence-electron chi connectivity index (χ2n) is 4.43. The Balaban J connectivity index is 1.80. The molecule has 0 spiro atoms. The second kappa shape index (κ2) is 6.05. The molecule has 1 atom stereocenters. The van der Waals surface area contributed by atoms with Crippen molar-refractivity contribution in [3.63, 3.8) is 0 Å². The molecule has 2 N–H and O–H groups in total. The third-order valence-corrected chi connectivity index (χ3v) is 3.04. The van der Waals surface area contributed by atoms with Crippen molar-refractivity contribution in [1.29, 1.82) is 0 Å². The molecule has 1 aliphatic heterocycles. The monoisotopic (exact) mass is 236 g/mol. The van der Waals surface area contributed by atoms with Crippen LogP contribution in [0.5, 0.6) is 0 Å². The average Bonchev–Trinajstić information content (AvgIpc) is 2.38. The Labute approximate surface area is 102 Å². The Kier molecular flexibility index (Phi) is 4.42. The highest BCUT2D eigenvalue weighted by atomic mass is 16.5. The zero-order chi connectivity index (χ0) is 12.1. The number of nitrogens with zero attached hydrogens (tertiary/aromatic N) is 3. The molecule has 1 unspecified atom stereocenters. The summed E-state index contributed by atoms with van der Waals surface area (Å²) in [5.41, 5.74) is 7.91. The lowest BCUT2D eigenvalue weighted by Crippen LogP contribution is -2.37. The molecule has 5 heteroatoms. The highest BCUT2D eigenvalue weighted by molar-refractivity contribution is 5.05. The number of morpholine rings is 1. The van der Waals surface area contributed by atoms with E-state index in [1.807, 2.05) is 6.92 Å². The summed E-state index contributed by atoms with van der Waals surface area (Å²) in [6.45, 7) is 6.61. The smallest absolute Gasteiger partial charge is 0.0754 e. The van der Waals surface area contributed by atoms with Gasteiger partial charge in [-0.2, -0.15) is 0 Å². The van der Waals surface area contributed by atoms with Gasteiger partial charge in [0.05, 0.1) is 30.8 Å². The van der Waals surface area contributed by atoms with Crippen LogP contribution in [0.3, 0.4) is 0 Å². The molecule has 0 aromatic carbocycles. The van der Waals surface area contributed by atoms with Crippen molar-refractivity contribution in [3.05, 3.63) is 23.8 Å². The molecular weight excluding hydrogens is 216 g/mol. The van der Waals surface area contributed by atoms with Gasteiger partial charge in [-0.25, -0.2) is 0 Å². The summed E-state index contributed by atoms with van der Waals surface area (Å²) in [6.07, 6.45) is 4.46. The van der Waals surface area contributed by atoms with E-state index in [0.717, 1.165) is 50.7 Å². The molecule has 0 bridgehead atoms. The third kappa shape index (κ3) is 3.73. The maximum Gasteiger partial charge on any atom is 0.0754 e. The van der Waals surface area contributed by atoms with E-state index in [1.165, 1.54) is 0 Å². The normalized spacial score (nSPS) is 19.2. The van der Waals surface area contributed by atoms with Crippen LogP contribution in [-0.2, 0) is 4.74 Å². The number of aromatic nitrogens is 2. The second-order valence-corrected chi connectivity index (χ2v) is 4.43. The van der Waals surface area contributed by atoms with Crippen molar-refractivity contribution < 1.29 is 4.74 Å². The minimum absolute atomic E-state index is 0.0223. The van der Waals surface area contributed by atoms with Gasteiger partial charge >= 0.3 is 0 Å². The first-order valence-corrected chi connectivity index (χ1v) is 6.10. The number of hydrogen-bond acceptors (Lipinski definition) is 5. The Bertz CT molecular complexity index is 335.